The molecule has 0 heterocycles. The second-order valence-electron chi connectivity index (χ2n) is 2.67. The molecule has 0 aromatic rings. The Kier molecular flexibility index (Phi) is 2.95. The van der Waals surface area contributed by atoms with Gasteiger partial charge in [-0.05, 0) is 37.3 Å². The molecule has 0 fully saturated rings. The molecule has 11 heavy (non-hydrogen) atoms. The van der Waals surface area contributed by atoms with Gasteiger partial charge in [-0.15, -0.1) is 0 Å². The number of hydrogen-bond donors (Lipinski definition) is 0. The van der Waals surface area contributed by atoms with Gasteiger partial charge in [-0.1, -0.05) is 30.3 Å². The van der Waals surface area contributed by atoms with E-state index in [1.165, 1.54) is 12.0 Å². The van der Waals surface area contributed by atoms with Crippen molar-refractivity contribution in [1.82, 2.24) is 0 Å². The normalized spacial score (nSPS) is 22.5. The van der Waals surface area contributed by atoms with Crippen LogP contribution in [0.25, 0.3) is 0 Å². The van der Waals surface area contributed by atoms with E-state index in [0.29, 0.717) is 0 Å². The van der Waals surface area contributed by atoms with Crippen LogP contribution < -0.4 is 0 Å². The van der Waals surface area contributed by atoms with Crippen LogP contribution in [0, 0.1) is 6.58 Å². The van der Waals surface area contributed by atoms with Crippen molar-refractivity contribution in [3.05, 3.63) is 34.9 Å². The van der Waals surface area contributed by atoms with E-state index < -0.39 is 0 Å². The molecule has 0 saturated heterocycles. The number of halogens is 1. The molecule has 1 heteroatoms. The molecule has 1 aliphatic carbocycles. The van der Waals surface area contributed by atoms with Gasteiger partial charge < -0.3 is 0 Å². The van der Waals surface area contributed by atoms with E-state index >= 15 is 0 Å². The van der Waals surface area contributed by atoms with Gasteiger partial charge in [0.25, 0.3) is 0 Å². The SMILES string of the molecule is [CH]=CC1=C(Cl)/C(=C/C)CCC1. The second kappa shape index (κ2) is 3.77. The Labute approximate surface area is 73.3 Å². The Morgan fingerprint density at radius 1 is 1.45 bits per heavy atom. The third kappa shape index (κ3) is 1.75. The highest BCUT2D eigenvalue weighted by molar-refractivity contribution is 6.32. The lowest BCUT2D eigenvalue weighted by atomic mass is 9.95. The number of allylic oxidation sites excluding steroid dienone is 5. The molecular weight excluding hydrogens is 156 g/mol. The molecule has 0 N–H and O–H groups in total. The maximum Gasteiger partial charge on any atom is 0.0466 e. The predicted molar refractivity (Wildman–Crippen MR) is 49.4 cm³/mol. The third-order valence-corrected chi connectivity index (χ3v) is 2.49. The summed E-state index contributed by atoms with van der Waals surface area (Å²) in [6.07, 6.45) is 6.95. The summed E-state index contributed by atoms with van der Waals surface area (Å²) in [5.41, 5.74) is 2.32. The smallest absolute Gasteiger partial charge is 0.0466 e. The molecule has 0 spiro atoms. The Hall–Kier alpha value is -0.490. The fourth-order valence-corrected chi connectivity index (χ4v) is 1.68. The molecule has 1 aliphatic rings. The molecule has 0 amide bonds. The summed E-state index contributed by atoms with van der Waals surface area (Å²) in [6, 6.07) is 0. The number of rotatable bonds is 1. The van der Waals surface area contributed by atoms with Crippen LogP contribution in [-0.4, -0.2) is 0 Å². The largest absolute Gasteiger partial charge is 0.0838 e. The third-order valence-electron chi connectivity index (χ3n) is 2.01. The van der Waals surface area contributed by atoms with Gasteiger partial charge in [-0.25, -0.2) is 0 Å². The first-order valence-electron chi connectivity index (χ1n) is 3.88. The predicted octanol–water partition coefficient (Wildman–Crippen LogP) is 3.60. The van der Waals surface area contributed by atoms with E-state index in [9.17, 15) is 0 Å². The Morgan fingerprint density at radius 2 is 2.18 bits per heavy atom. The molecule has 1 rings (SSSR count). The van der Waals surface area contributed by atoms with Gasteiger partial charge >= 0.3 is 0 Å². The maximum atomic E-state index is 6.05. The highest BCUT2D eigenvalue weighted by Gasteiger charge is 2.11. The van der Waals surface area contributed by atoms with Crippen LogP contribution in [0.5, 0.6) is 0 Å². The molecular formula is C10H12Cl. The van der Waals surface area contributed by atoms with Crippen LogP contribution in [0.4, 0.5) is 0 Å². The maximum absolute atomic E-state index is 6.05. The summed E-state index contributed by atoms with van der Waals surface area (Å²) in [5, 5.41) is 0.862. The van der Waals surface area contributed by atoms with Gasteiger partial charge in [-0.3, -0.25) is 0 Å². The molecule has 0 aliphatic heterocycles. The quantitative estimate of drug-likeness (QED) is 0.560. The fourth-order valence-electron chi connectivity index (χ4n) is 1.32. The first kappa shape index (κ1) is 8.61. The van der Waals surface area contributed by atoms with Crippen LogP contribution in [0.1, 0.15) is 26.2 Å². The monoisotopic (exact) mass is 167 g/mol. The van der Waals surface area contributed by atoms with Crippen molar-refractivity contribution in [3.8, 4) is 0 Å². The summed E-state index contributed by atoms with van der Waals surface area (Å²) in [7, 11) is 0. The fraction of sp³-hybridized carbons (Fsp3) is 0.400. The van der Waals surface area contributed by atoms with Crippen LogP contribution in [0.2, 0.25) is 0 Å². The van der Waals surface area contributed by atoms with Crippen LogP contribution in [-0.2, 0) is 0 Å². The van der Waals surface area contributed by atoms with Crippen molar-refractivity contribution in [1.29, 1.82) is 0 Å². The zero-order valence-corrected chi connectivity index (χ0v) is 7.49. The molecule has 0 unspecified atom stereocenters. The Bertz CT molecular complexity index is 221. The van der Waals surface area contributed by atoms with Crippen molar-refractivity contribution in [3.63, 3.8) is 0 Å². The standard InChI is InChI=1S/C10H12Cl/c1-3-8-6-5-7-9(4-2)10(8)11/h1,3-4H,5-7H2,2H3/b3-1?,9-4+. The van der Waals surface area contributed by atoms with Crippen LogP contribution in [0.3, 0.4) is 0 Å². The summed E-state index contributed by atoms with van der Waals surface area (Å²) < 4.78 is 0. The van der Waals surface area contributed by atoms with Gasteiger partial charge in [0.15, 0.2) is 0 Å². The molecule has 0 nitrogen and oxygen atoms in total. The second-order valence-corrected chi connectivity index (χ2v) is 3.05. The number of hydrogen-bond acceptors (Lipinski definition) is 0. The van der Waals surface area contributed by atoms with E-state index in [1.807, 2.05) is 6.92 Å². The highest BCUT2D eigenvalue weighted by atomic mass is 35.5. The lowest BCUT2D eigenvalue weighted by Crippen LogP contribution is -1.96. The van der Waals surface area contributed by atoms with Gasteiger partial charge in [0, 0.05) is 5.03 Å². The molecule has 0 aromatic heterocycles. The molecule has 1 radical (unpaired) electrons. The summed E-state index contributed by atoms with van der Waals surface area (Å²) in [4.78, 5) is 0. The first-order valence-corrected chi connectivity index (χ1v) is 4.26. The average Bonchev–Trinajstić information content (AvgIpc) is 2.05. The van der Waals surface area contributed by atoms with Crippen LogP contribution in [0.15, 0.2) is 28.3 Å². The summed E-state index contributed by atoms with van der Waals surface area (Å²) in [5.74, 6) is 0. The minimum absolute atomic E-state index is 0.862. The minimum atomic E-state index is 0.862. The van der Waals surface area contributed by atoms with Crippen molar-refractivity contribution < 1.29 is 0 Å². The van der Waals surface area contributed by atoms with Crippen molar-refractivity contribution >= 4 is 11.6 Å². The topological polar surface area (TPSA) is 0 Å². The average molecular weight is 168 g/mol. The van der Waals surface area contributed by atoms with Crippen molar-refractivity contribution in [2.24, 2.45) is 0 Å². The van der Waals surface area contributed by atoms with E-state index in [2.05, 4.69) is 6.08 Å². The van der Waals surface area contributed by atoms with Crippen LogP contribution >= 0.6 is 11.6 Å². The van der Waals surface area contributed by atoms with E-state index in [4.69, 9.17) is 18.2 Å². The highest BCUT2D eigenvalue weighted by Crippen LogP contribution is 2.32. The lowest BCUT2D eigenvalue weighted by Gasteiger charge is -2.15. The minimum Gasteiger partial charge on any atom is -0.0838 e. The van der Waals surface area contributed by atoms with E-state index in [0.717, 1.165) is 23.4 Å². The molecule has 59 valence electrons. The summed E-state index contributed by atoms with van der Waals surface area (Å²) in [6.45, 7) is 7.43. The van der Waals surface area contributed by atoms with Gasteiger partial charge in [-0.2, -0.15) is 0 Å². The first-order chi connectivity index (χ1) is 5.29. The van der Waals surface area contributed by atoms with E-state index in [-0.39, 0.29) is 0 Å². The summed E-state index contributed by atoms with van der Waals surface area (Å²) >= 11 is 6.05. The van der Waals surface area contributed by atoms with Gasteiger partial charge in [0.05, 0.1) is 0 Å². The van der Waals surface area contributed by atoms with Gasteiger partial charge in [0.1, 0.15) is 0 Å². The van der Waals surface area contributed by atoms with Gasteiger partial charge in [0.2, 0.25) is 0 Å². The molecule has 0 atom stereocenters. The lowest BCUT2D eigenvalue weighted by molar-refractivity contribution is 0.791. The zero-order valence-electron chi connectivity index (χ0n) is 6.73. The molecule has 0 saturated carbocycles. The zero-order chi connectivity index (χ0) is 8.27. The molecule has 0 bridgehead atoms. The van der Waals surface area contributed by atoms with E-state index in [1.54, 1.807) is 6.08 Å². The molecule has 0 aromatic carbocycles. The van der Waals surface area contributed by atoms with Crippen molar-refractivity contribution in [2.45, 2.75) is 26.2 Å². The Morgan fingerprint density at radius 3 is 2.73 bits per heavy atom. The Balaban J connectivity index is 2.97. The van der Waals surface area contributed by atoms with Crippen molar-refractivity contribution in [2.75, 3.05) is 0 Å².